The van der Waals surface area contributed by atoms with Crippen molar-refractivity contribution in [2.45, 2.75) is 20.3 Å². The summed E-state index contributed by atoms with van der Waals surface area (Å²) >= 11 is 0. The van der Waals surface area contributed by atoms with Gasteiger partial charge in [-0.2, -0.15) is 0 Å². The molecule has 0 saturated heterocycles. The summed E-state index contributed by atoms with van der Waals surface area (Å²) in [5.74, 6) is 0.703. The topological polar surface area (TPSA) is 28.7 Å². The monoisotopic (exact) mass is 199 g/mol. The molecule has 2 aromatic rings. The molecule has 0 unspecified atom stereocenters. The van der Waals surface area contributed by atoms with Crippen molar-refractivity contribution in [1.82, 2.24) is 9.97 Å². The van der Waals surface area contributed by atoms with Gasteiger partial charge in [0.15, 0.2) is 6.33 Å². The van der Waals surface area contributed by atoms with Crippen LogP contribution in [0.5, 0.6) is 0 Å². The van der Waals surface area contributed by atoms with E-state index in [1.54, 1.807) is 0 Å². The van der Waals surface area contributed by atoms with Crippen LogP contribution in [0.15, 0.2) is 30.5 Å². The van der Waals surface area contributed by atoms with Gasteiger partial charge in [-0.25, -0.2) is 4.98 Å². The van der Waals surface area contributed by atoms with Crippen LogP contribution < -0.4 is 0 Å². The zero-order valence-corrected chi connectivity index (χ0v) is 9.12. The molecule has 0 bridgehead atoms. The number of aromatic amines is 1. The van der Waals surface area contributed by atoms with E-state index in [0.29, 0.717) is 5.92 Å². The third-order valence-electron chi connectivity index (χ3n) is 2.34. The first kappa shape index (κ1) is 9.97. The predicted molar refractivity (Wildman–Crippen MR) is 61.4 cm³/mol. The van der Waals surface area contributed by atoms with Crippen molar-refractivity contribution < 1.29 is 0 Å². The number of imidazole rings is 1. The standard InChI is InChI=1S/C13H15N2/c1-10(2)7-11-3-5-12(6-4-11)13-8-14-9-15-13/h3-6,8,10H,7H2,1-2H3,(H,14,15). The molecule has 0 aliphatic carbocycles. The fraction of sp³-hybridized carbons (Fsp3) is 0.308. The number of hydrogen-bond acceptors (Lipinski definition) is 1. The Morgan fingerprint density at radius 1 is 1.27 bits per heavy atom. The second kappa shape index (κ2) is 4.30. The summed E-state index contributed by atoms with van der Waals surface area (Å²) in [6.07, 6.45) is 5.69. The molecule has 1 radical (unpaired) electrons. The lowest BCUT2D eigenvalue weighted by atomic mass is 10.0. The summed E-state index contributed by atoms with van der Waals surface area (Å²) in [7, 11) is 0. The van der Waals surface area contributed by atoms with Crippen LogP contribution in [0.4, 0.5) is 0 Å². The molecular weight excluding hydrogens is 184 g/mol. The first-order valence-corrected chi connectivity index (χ1v) is 5.26. The lowest BCUT2D eigenvalue weighted by Crippen LogP contribution is -1.93. The second-order valence-electron chi connectivity index (χ2n) is 4.19. The van der Waals surface area contributed by atoms with E-state index in [1.165, 1.54) is 5.56 Å². The Balaban J connectivity index is 2.17. The summed E-state index contributed by atoms with van der Waals surface area (Å²) in [6, 6.07) is 8.57. The second-order valence-corrected chi connectivity index (χ2v) is 4.19. The van der Waals surface area contributed by atoms with Gasteiger partial charge in [0, 0.05) is 11.8 Å². The van der Waals surface area contributed by atoms with Crippen LogP contribution in [0.25, 0.3) is 11.3 Å². The maximum Gasteiger partial charge on any atom is 0.174 e. The van der Waals surface area contributed by atoms with Gasteiger partial charge >= 0.3 is 0 Å². The molecule has 1 aromatic heterocycles. The first-order valence-electron chi connectivity index (χ1n) is 5.26. The molecule has 0 aliphatic heterocycles. The Hall–Kier alpha value is -1.57. The Labute approximate surface area is 90.4 Å². The Morgan fingerprint density at radius 2 is 2.00 bits per heavy atom. The van der Waals surface area contributed by atoms with Gasteiger partial charge in [-0.1, -0.05) is 38.1 Å². The van der Waals surface area contributed by atoms with Gasteiger partial charge in [0.25, 0.3) is 0 Å². The van der Waals surface area contributed by atoms with Crippen LogP contribution in [0.2, 0.25) is 0 Å². The van der Waals surface area contributed by atoms with Gasteiger partial charge in [-0.3, -0.25) is 0 Å². The van der Waals surface area contributed by atoms with Crippen molar-refractivity contribution in [3.8, 4) is 11.3 Å². The normalized spacial score (nSPS) is 10.9. The number of H-pyrrole nitrogens is 1. The number of nitrogens with one attached hydrogen (secondary N) is 1. The molecule has 1 N–H and O–H groups in total. The average molecular weight is 199 g/mol. The van der Waals surface area contributed by atoms with E-state index in [2.05, 4.69) is 54.4 Å². The molecule has 2 rings (SSSR count). The molecule has 0 spiro atoms. The van der Waals surface area contributed by atoms with Crippen LogP contribution in [0.1, 0.15) is 19.4 Å². The third-order valence-corrected chi connectivity index (χ3v) is 2.34. The van der Waals surface area contributed by atoms with Crippen molar-refractivity contribution in [3.63, 3.8) is 0 Å². The summed E-state index contributed by atoms with van der Waals surface area (Å²) in [5.41, 5.74) is 3.47. The van der Waals surface area contributed by atoms with Gasteiger partial charge in [-0.05, 0) is 17.9 Å². The Bertz CT molecular complexity index is 399. The highest BCUT2D eigenvalue weighted by Gasteiger charge is 2.01. The van der Waals surface area contributed by atoms with Gasteiger partial charge in [0.1, 0.15) is 0 Å². The quantitative estimate of drug-likeness (QED) is 0.808. The number of benzene rings is 1. The minimum Gasteiger partial charge on any atom is -0.341 e. The number of aromatic nitrogens is 2. The van der Waals surface area contributed by atoms with Gasteiger partial charge in [0.2, 0.25) is 0 Å². The predicted octanol–water partition coefficient (Wildman–Crippen LogP) is 3.08. The molecular formula is C13H15N2. The summed E-state index contributed by atoms with van der Waals surface area (Å²) in [4.78, 5) is 6.94. The van der Waals surface area contributed by atoms with Crippen molar-refractivity contribution in [1.29, 1.82) is 0 Å². The smallest absolute Gasteiger partial charge is 0.174 e. The minimum absolute atomic E-state index is 0.703. The highest BCUT2D eigenvalue weighted by atomic mass is 14.9. The maximum absolute atomic E-state index is 4.10. The molecule has 0 amide bonds. The minimum atomic E-state index is 0.703. The zero-order valence-electron chi connectivity index (χ0n) is 9.12. The van der Waals surface area contributed by atoms with Crippen LogP contribution in [0.3, 0.4) is 0 Å². The highest BCUT2D eigenvalue weighted by molar-refractivity contribution is 5.58. The van der Waals surface area contributed by atoms with Crippen molar-refractivity contribution in [2.75, 3.05) is 0 Å². The van der Waals surface area contributed by atoms with Crippen LogP contribution in [0, 0.1) is 12.2 Å². The molecule has 1 heterocycles. The molecule has 2 nitrogen and oxygen atoms in total. The number of nitrogens with zero attached hydrogens (tertiary/aromatic N) is 1. The highest BCUT2D eigenvalue weighted by Crippen LogP contribution is 2.17. The SMILES string of the molecule is CC(C)Cc1ccc(-c2c[nH][c]n2)cc1. The molecule has 1 aromatic carbocycles. The Kier molecular flexibility index (Phi) is 2.86. The van der Waals surface area contributed by atoms with E-state index < -0.39 is 0 Å². The van der Waals surface area contributed by atoms with Crippen LogP contribution in [-0.4, -0.2) is 9.97 Å². The van der Waals surface area contributed by atoms with Crippen molar-refractivity contribution in [3.05, 3.63) is 42.4 Å². The van der Waals surface area contributed by atoms with E-state index in [4.69, 9.17) is 0 Å². The van der Waals surface area contributed by atoms with E-state index in [0.717, 1.165) is 17.7 Å². The molecule has 0 atom stereocenters. The summed E-state index contributed by atoms with van der Waals surface area (Å²) < 4.78 is 0. The lowest BCUT2D eigenvalue weighted by Gasteiger charge is -2.05. The first-order chi connectivity index (χ1) is 7.25. The van der Waals surface area contributed by atoms with E-state index in [9.17, 15) is 0 Å². The van der Waals surface area contributed by atoms with E-state index in [1.807, 2.05) is 6.20 Å². The van der Waals surface area contributed by atoms with Crippen LogP contribution in [-0.2, 0) is 6.42 Å². The largest absolute Gasteiger partial charge is 0.341 e. The molecule has 2 heteroatoms. The van der Waals surface area contributed by atoms with E-state index in [-0.39, 0.29) is 0 Å². The summed E-state index contributed by atoms with van der Waals surface area (Å²) in [5, 5.41) is 0. The van der Waals surface area contributed by atoms with Gasteiger partial charge in [-0.15, -0.1) is 0 Å². The average Bonchev–Trinajstić information content (AvgIpc) is 2.71. The molecule has 0 aliphatic rings. The van der Waals surface area contributed by atoms with Crippen molar-refractivity contribution in [2.24, 2.45) is 5.92 Å². The Morgan fingerprint density at radius 3 is 2.53 bits per heavy atom. The molecule has 15 heavy (non-hydrogen) atoms. The fourth-order valence-electron chi connectivity index (χ4n) is 1.66. The van der Waals surface area contributed by atoms with Crippen LogP contribution >= 0.6 is 0 Å². The zero-order chi connectivity index (χ0) is 10.7. The number of rotatable bonds is 3. The third kappa shape index (κ3) is 2.46. The molecule has 0 saturated carbocycles. The molecule has 0 fully saturated rings. The van der Waals surface area contributed by atoms with Gasteiger partial charge in [0.05, 0.1) is 5.69 Å². The van der Waals surface area contributed by atoms with Crippen molar-refractivity contribution >= 4 is 0 Å². The molecule has 77 valence electrons. The fourth-order valence-corrected chi connectivity index (χ4v) is 1.66. The lowest BCUT2D eigenvalue weighted by molar-refractivity contribution is 0.647. The summed E-state index contributed by atoms with van der Waals surface area (Å²) in [6.45, 7) is 4.47. The van der Waals surface area contributed by atoms with E-state index >= 15 is 0 Å². The maximum atomic E-state index is 4.10. The van der Waals surface area contributed by atoms with Gasteiger partial charge < -0.3 is 4.98 Å². The number of hydrogen-bond donors (Lipinski definition) is 1.